The number of rotatable bonds is 6. The lowest BCUT2D eigenvalue weighted by Crippen LogP contribution is -2.44. The number of sulfonamides is 1. The van der Waals surface area contributed by atoms with Crippen molar-refractivity contribution in [2.45, 2.75) is 45.3 Å². The fourth-order valence-corrected chi connectivity index (χ4v) is 6.09. The second kappa shape index (κ2) is 7.33. The average molecular weight is 366 g/mol. The number of likely N-dealkylation sites (tertiary alicyclic amines) is 1. The van der Waals surface area contributed by atoms with Crippen molar-refractivity contribution < 1.29 is 17.9 Å². The van der Waals surface area contributed by atoms with Crippen LogP contribution in [0.5, 0.6) is 0 Å². The molecule has 1 saturated carbocycles. The van der Waals surface area contributed by atoms with E-state index in [-0.39, 0.29) is 29.9 Å². The van der Waals surface area contributed by atoms with Crippen LogP contribution >= 0.6 is 0 Å². The number of amides is 1. The molecule has 0 radical (unpaired) electrons. The topological polar surface area (TPSA) is 75.7 Å². The molecule has 2 atom stereocenters. The van der Waals surface area contributed by atoms with Gasteiger partial charge in [0.2, 0.25) is 10.0 Å². The van der Waals surface area contributed by atoms with Crippen LogP contribution in [0.25, 0.3) is 0 Å². The van der Waals surface area contributed by atoms with E-state index in [0.29, 0.717) is 13.1 Å². The molecule has 1 aromatic carbocycles. The minimum atomic E-state index is -3.31. The largest absolute Gasteiger partial charge is 0.445 e. The summed E-state index contributed by atoms with van der Waals surface area (Å²) in [7, 11) is -3.31. The van der Waals surface area contributed by atoms with Crippen LogP contribution in [-0.4, -0.2) is 44.3 Å². The Kier molecular flexibility index (Phi) is 5.34. The van der Waals surface area contributed by atoms with Gasteiger partial charge in [-0.1, -0.05) is 43.7 Å². The second-order valence-corrected chi connectivity index (χ2v) is 8.82. The van der Waals surface area contributed by atoms with Gasteiger partial charge in [-0.3, -0.25) is 0 Å². The Morgan fingerprint density at radius 2 is 2.08 bits per heavy atom. The minimum absolute atomic E-state index is 0.0378. The molecule has 1 aliphatic carbocycles. The van der Waals surface area contributed by atoms with Gasteiger partial charge in [0, 0.05) is 24.5 Å². The van der Waals surface area contributed by atoms with E-state index < -0.39 is 10.0 Å². The molecule has 0 spiro atoms. The fourth-order valence-electron chi connectivity index (χ4n) is 4.31. The van der Waals surface area contributed by atoms with Crippen LogP contribution in [0.2, 0.25) is 0 Å². The summed E-state index contributed by atoms with van der Waals surface area (Å²) in [5, 5.41) is 0. The van der Waals surface area contributed by atoms with E-state index in [4.69, 9.17) is 4.74 Å². The molecule has 1 heterocycles. The van der Waals surface area contributed by atoms with Crippen LogP contribution in [0.1, 0.15) is 38.2 Å². The highest BCUT2D eigenvalue weighted by molar-refractivity contribution is 7.89. The van der Waals surface area contributed by atoms with Crippen molar-refractivity contribution in [2.24, 2.45) is 5.41 Å². The van der Waals surface area contributed by atoms with Gasteiger partial charge in [0.1, 0.15) is 6.61 Å². The molecule has 2 unspecified atom stereocenters. The number of carbonyl (C=O) groups is 1. The highest BCUT2D eigenvalue weighted by Crippen LogP contribution is 2.49. The molecule has 0 bridgehead atoms. The summed E-state index contributed by atoms with van der Waals surface area (Å²) in [6.07, 6.45) is 3.04. The lowest BCUT2D eigenvalue weighted by molar-refractivity contribution is 0.0853. The van der Waals surface area contributed by atoms with Gasteiger partial charge in [-0.25, -0.2) is 17.9 Å². The summed E-state index contributed by atoms with van der Waals surface area (Å²) in [5.74, 6) is 0.0982. The lowest BCUT2D eigenvalue weighted by atomic mass is 9.84. The van der Waals surface area contributed by atoms with Gasteiger partial charge >= 0.3 is 6.09 Å². The summed E-state index contributed by atoms with van der Waals surface area (Å²) in [4.78, 5) is 14.3. The minimum Gasteiger partial charge on any atom is -0.445 e. The first-order valence-corrected chi connectivity index (χ1v) is 10.6. The third-order valence-corrected chi connectivity index (χ3v) is 7.05. The fraction of sp³-hybridized carbons (Fsp3) is 0.611. The first-order valence-electron chi connectivity index (χ1n) is 8.90. The van der Waals surface area contributed by atoms with E-state index in [9.17, 15) is 13.2 Å². The first kappa shape index (κ1) is 18.2. The predicted octanol–water partition coefficient (Wildman–Crippen LogP) is 2.51. The van der Waals surface area contributed by atoms with Crippen LogP contribution in [0, 0.1) is 5.41 Å². The zero-order chi connectivity index (χ0) is 17.9. The molecule has 1 aromatic rings. The van der Waals surface area contributed by atoms with E-state index in [1.165, 1.54) is 0 Å². The quantitative estimate of drug-likeness (QED) is 0.839. The predicted molar refractivity (Wildman–Crippen MR) is 95.5 cm³/mol. The van der Waals surface area contributed by atoms with Gasteiger partial charge in [0.15, 0.2) is 0 Å². The van der Waals surface area contributed by atoms with E-state index in [2.05, 4.69) is 4.72 Å². The zero-order valence-corrected chi connectivity index (χ0v) is 15.4. The molecule has 2 fully saturated rings. The molecular formula is C18H26N2O4S. The maximum Gasteiger partial charge on any atom is 0.410 e. The van der Waals surface area contributed by atoms with Gasteiger partial charge in [-0.2, -0.15) is 0 Å². The van der Waals surface area contributed by atoms with Gasteiger partial charge in [0.25, 0.3) is 0 Å². The van der Waals surface area contributed by atoms with Crippen molar-refractivity contribution in [1.82, 2.24) is 9.62 Å². The molecule has 25 heavy (non-hydrogen) atoms. The molecule has 6 nitrogen and oxygen atoms in total. The number of ether oxygens (including phenoxy) is 1. The summed E-state index contributed by atoms with van der Waals surface area (Å²) < 4.78 is 32.6. The molecule has 1 aliphatic heterocycles. The van der Waals surface area contributed by atoms with Crippen molar-refractivity contribution in [3.63, 3.8) is 0 Å². The smallest absolute Gasteiger partial charge is 0.410 e. The Labute approximate surface area is 149 Å². The Balaban J connectivity index is 1.65. The van der Waals surface area contributed by atoms with Crippen LogP contribution in [0.3, 0.4) is 0 Å². The number of nitrogens with zero attached hydrogens (tertiary/aromatic N) is 1. The van der Waals surface area contributed by atoms with E-state index in [0.717, 1.165) is 31.2 Å². The molecular weight excluding hydrogens is 340 g/mol. The van der Waals surface area contributed by atoms with Crippen LogP contribution in [0.4, 0.5) is 4.79 Å². The Morgan fingerprint density at radius 3 is 2.80 bits per heavy atom. The third-order valence-electron chi connectivity index (χ3n) is 5.37. The SMILES string of the molecule is CCNS(=O)(=O)CC12CCCC1N(C(=O)OCc1ccccc1)CC2. The first-order chi connectivity index (χ1) is 12.0. The zero-order valence-electron chi connectivity index (χ0n) is 14.6. The lowest BCUT2D eigenvalue weighted by Gasteiger charge is -2.31. The molecule has 1 amide bonds. The second-order valence-electron chi connectivity index (χ2n) is 7.01. The molecule has 2 aliphatic rings. The average Bonchev–Trinajstić information content (AvgIpc) is 3.11. The van der Waals surface area contributed by atoms with E-state index in [1.54, 1.807) is 11.8 Å². The molecule has 7 heteroatoms. The Bertz CT molecular complexity index is 707. The maximum absolute atomic E-state index is 12.5. The van der Waals surface area contributed by atoms with Crippen molar-refractivity contribution >= 4 is 16.1 Å². The van der Waals surface area contributed by atoms with Crippen LogP contribution in [-0.2, 0) is 21.4 Å². The molecule has 0 aromatic heterocycles. The highest BCUT2D eigenvalue weighted by atomic mass is 32.2. The molecule has 3 rings (SSSR count). The highest BCUT2D eigenvalue weighted by Gasteiger charge is 2.54. The number of fused-ring (bicyclic) bond motifs is 1. The third kappa shape index (κ3) is 3.98. The number of hydrogen-bond acceptors (Lipinski definition) is 4. The summed E-state index contributed by atoms with van der Waals surface area (Å²) in [5.41, 5.74) is 0.620. The summed E-state index contributed by atoms with van der Waals surface area (Å²) >= 11 is 0. The van der Waals surface area contributed by atoms with Gasteiger partial charge in [0.05, 0.1) is 5.75 Å². The standard InChI is InChI=1S/C18H26N2O4S/c1-2-19-25(22,23)14-18-10-6-9-16(18)20(12-11-18)17(21)24-13-15-7-4-3-5-8-15/h3-5,7-8,16,19H,2,6,9-14H2,1H3. The number of benzene rings is 1. The van der Waals surface area contributed by atoms with Crippen molar-refractivity contribution in [2.75, 3.05) is 18.8 Å². The summed E-state index contributed by atoms with van der Waals surface area (Å²) in [6, 6.07) is 9.53. The van der Waals surface area contributed by atoms with E-state index in [1.807, 2.05) is 30.3 Å². The molecule has 1 N–H and O–H groups in total. The van der Waals surface area contributed by atoms with Crippen molar-refractivity contribution in [1.29, 1.82) is 0 Å². The van der Waals surface area contributed by atoms with Crippen molar-refractivity contribution in [3.8, 4) is 0 Å². The number of carbonyl (C=O) groups excluding carboxylic acids is 1. The maximum atomic E-state index is 12.5. The molecule has 1 saturated heterocycles. The number of nitrogens with one attached hydrogen (secondary N) is 1. The normalized spacial score (nSPS) is 25.8. The Morgan fingerprint density at radius 1 is 1.32 bits per heavy atom. The van der Waals surface area contributed by atoms with Crippen LogP contribution in [0.15, 0.2) is 30.3 Å². The molecule has 138 valence electrons. The van der Waals surface area contributed by atoms with E-state index >= 15 is 0 Å². The Hall–Kier alpha value is -1.60. The van der Waals surface area contributed by atoms with Gasteiger partial charge in [-0.15, -0.1) is 0 Å². The van der Waals surface area contributed by atoms with Crippen LogP contribution < -0.4 is 4.72 Å². The number of hydrogen-bond donors (Lipinski definition) is 1. The monoisotopic (exact) mass is 366 g/mol. The van der Waals surface area contributed by atoms with Crippen molar-refractivity contribution in [3.05, 3.63) is 35.9 Å². The summed E-state index contributed by atoms with van der Waals surface area (Å²) in [6.45, 7) is 2.99. The van der Waals surface area contributed by atoms with Gasteiger partial charge in [-0.05, 0) is 24.8 Å². The van der Waals surface area contributed by atoms with Gasteiger partial charge < -0.3 is 9.64 Å².